The predicted octanol–water partition coefficient (Wildman–Crippen LogP) is 2.53. The number of nitrogens with zero attached hydrogens (tertiary/aromatic N) is 2. The van der Waals surface area contributed by atoms with Crippen molar-refractivity contribution in [1.82, 2.24) is 9.80 Å². The fourth-order valence-electron chi connectivity index (χ4n) is 2.22. The molecule has 1 aromatic rings. The summed E-state index contributed by atoms with van der Waals surface area (Å²) < 4.78 is 38.4. The summed E-state index contributed by atoms with van der Waals surface area (Å²) in [4.78, 5) is 37.5. The van der Waals surface area contributed by atoms with Crippen LogP contribution in [0.15, 0.2) is 29.8 Å². The number of amides is 4. The van der Waals surface area contributed by atoms with Gasteiger partial charge in [-0.2, -0.15) is 13.2 Å². The van der Waals surface area contributed by atoms with E-state index in [4.69, 9.17) is 0 Å². The van der Waals surface area contributed by atoms with Crippen molar-refractivity contribution in [3.05, 3.63) is 41.0 Å². The van der Waals surface area contributed by atoms with E-state index in [1.54, 1.807) is 0 Å². The zero-order valence-corrected chi connectivity index (χ0v) is 12.6. The minimum absolute atomic E-state index is 0.0808. The molecule has 0 atom stereocenters. The minimum atomic E-state index is -4.54. The maximum Gasteiger partial charge on any atom is 0.416 e. The van der Waals surface area contributed by atoms with E-state index >= 15 is 0 Å². The number of imide groups is 2. The Morgan fingerprint density at radius 1 is 1.00 bits per heavy atom. The van der Waals surface area contributed by atoms with E-state index in [9.17, 15) is 27.6 Å². The van der Waals surface area contributed by atoms with Crippen LogP contribution in [0.25, 0.3) is 5.57 Å². The van der Waals surface area contributed by atoms with E-state index in [2.05, 4.69) is 0 Å². The van der Waals surface area contributed by atoms with E-state index in [1.165, 1.54) is 33.2 Å². The molecule has 0 unspecified atom stereocenters. The van der Waals surface area contributed by atoms with Crippen molar-refractivity contribution in [1.29, 1.82) is 0 Å². The molecule has 2 rings (SSSR count). The van der Waals surface area contributed by atoms with Crippen LogP contribution in [0.4, 0.5) is 18.0 Å². The van der Waals surface area contributed by atoms with Gasteiger partial charge in [0, 0.05) is 14.1 Å². The average molecular weight is 326 g/mol. The van der Waals surface area contributed by atoms with Gasteiger partial charge in [0.25, 0.3) is 11.8 Å². The first-order valence-corrected chi connectivity index (χ1v) is 6.54. The maximum absolute atomic E-state index is 12.8. The second kappa shape index (κ2) is 5.53. The SMILES string of the molecule is CC(=C1C(=O)N(C)C(=O)N(C)C1=O)c1cccc(C(F)(F)F)c1. The summed E-state index contributed by atoms with van der Waals surface area (Å²) in [7, 11) is 2.40. The lowest BCUT2D eigenvalue weighted by Gasteiger charge is -2.30. The third kappa shape index (κ3) is 2.84. The Bertz CT molecular complexity index is 712. The summed E-state index contributed by atoms with van der Waals surface area (Å²) >= 11 is 0. The fourth-order valence-corrected chi connectivity index (χ4v) is 2.22. The highest BCUT2D eigenvalue weighted by Crippen LogP contribution is 2.32. The molecule has 1 fully saturated rings. The Morgan fingerprint density at radius 2 is 1.52 bits per heavy atom. The summed E-state index contributed by atoms with van der Waals surface area (Å²) in [6.45, 7) is 1.37. The van der Waals surface area contributed by atoms with E-state index < -0.39 is 29.6 Å². The monoisotopic (exact) mass is 326 g/mol. The number of urea groups is 1. The standard InChI is InChI=1S/C15H13F3N2O3/c1-8(9-5-4-6-10(7-9)15(16,17)18)11-12(21)19(2)14(23)20(3)13(11)22/h4-7H,1-3H3. The second-order valence-electron chi connectivity index (χ2n) is 5.09. The van der Waals surface area contributed by atoms with Crippen molar-refractivity contribution in [3.8, 4) is 0 Å². The van der Waals surface area contributed by atoms with Crippen LogP contribution >= 0.6 is 0 Å². The lowest BCUT2D eigenvalue weighted by molar-refractivity contribution is -0.137. The van der Waals surface area contributed by atoms with Crippen LogP contribution in [0.2, 0.25) is 0 Å². The molecule has 1 aliphatic heterocycles. The van der Waals surface area contributed by atoms with Crippen molar-refractivity contribution >= 4 is 23.4 Å². The zero-order valence-electron chi connectivity index (χ0n) is 12.6. The molecule has 23 heavy (non-hydrogen) atoms. The fraction of sp³-hybridized carbons (Fsp3) is 0.267. The Balaban J connectivity index is 2.59. The first kappa shape index (κ1) is 16.7. The first-order valence-electron chi connectivity index (χ1n) is 6.54. The molecule has 0 N–H and O–H groups in total. The van der Waals surface area contributed by atoms with E-state index in [-0.39, 0.29) is 16.7 Å². The maximum atomic E-state index is 12.8. The Morgan fingerprint density at radius 3 is 2.00 bits per heavy atom. The lowest BCUT2D eigenvalue weighted by atomic mass is 9.97. The molecule has 1 aliphatic rings. The molecular weight excluding hydrogens is 313 g/mol. The largest absolute Gasteiger partial charge is 0.416 e. The van der Waals surface area contributed by atoms with Crippen LogP contribution in [0.3, 0.4) is 0 Å². The first-order chi connectivity index (χ1) is 10.6. The highest BCUT2D eigenvalue weighted by Gasteiger charge is 2.39. The Kier molecular flexibility index (Phi) is 4.02. The van der Waals surface area contributed by atoms with Crippen molar-refractivity contribution in [2.24, 2.45) is 0 Å². The Hall–Kier alpha value is -2.64. The Labute approximate surface area is 130 Å². The smallest absolute Gasteiger partial charge is 0.268 e. The normalized spacial score (nSPS) is 16.3. The predicted molar refractivity (Wildman–Crippen MR) is 75.0 cm³/mol. The molecule has 4 amide bonds. The quantitative estimate of drug-likeness (QED) is 0.589. The summed E-state index contributed by atoms with van der Waals surface area (Å²) in [6.07, 6.45) is -4.54. The molecule has 0 aromatic heterocycles. The molecule has 1 aromatic carbocycles. The van der Waals surface area contributed by atoms with Crippen LogP contribution in [-0.2, 0) is 15.8 Å². The number of likely N-dealkylation sites (N-methyl/N-ethyl adjacent to an activating group) is 2. The van der Waals surface area contributed by atoms with Crippen LogP contribution < -0.4 is 0 Å². The van der Waals surface area contributed by atoms with Gasteiger partial charge in [0.05, 0.1) is 5.56 Å². The molecule has 122 valence electrons. The van der Waals surface area contributed by atoms with Crippen LogP contribution in [0, 0.1) is 0 Å². The highest BCUT2D eigenvalue weighted by atomic mass is 19.4. The number of hydrogen-bond donors (Lipinski definition) is 0. The third-order valence-electron chi connectivity index (χ3n) is 3.61. The number of allylic oxidation sites excluding steroid dienone is 1. The number of carbonyl (C=O) groups excluding carboxylic acids is 3. The van der Waals surface area contributed by atoms with Crippen LogP contribution in [0.1, 0.15) is 18.1 Å². The van der Waals surface area contributed by atoms with Gasteiger partial charge in [-0.1, -0.05) is 12.1 Å². The summed E-state index contributed by atoms with van der Waals surface area (Å²) in [5.74, 6) is -1.68. The van der Waals surface area contributed by atoms with Crippen LogP contribution in [-0.4, -0.2) is 41.7 Å². The van der Waals surface area contributed by atoms with Crippen molar-refractivity contribution in [2.45, 2.75) is 13.1 Å². The summed E-state index contributed by atoms with van der Waals surface area (Å²) in [5, 5.41) is 0. The molecule has 0 saturated carbocycles. The number of rotatable bonds is 1. The van der Waals surface area contributed by atoms with Gasteiger partial charge in [0.2, 0.25) is 0 Å². The molecular formula is C15H13F3N2O3. The number of alkyl halides is 3. The minimum Gasteiger partial charge on any atom is -0.268 e. The molecule has 1 heterocycles. The number of hydrogen-bond acceptors (Lipinski definition) is 3. The molecule has 5 nitrogen and oxygen atoms in total. The van der Waals surface area contributed by atoms with Gasteiger partial charge in [-0.25, -0.2) is 4.79 Å². The van der Waals surface area contributed by atoms with Gasteiger partial charge in [-0.05, 0) is 30.2 Å². The summed E-state index contributed by atoms with van der Waals surface area (Å²) in [5.41, 5.74) is -1.04. The number of halogens is 3. The molecule has 0 bridgehead atoms. The van der Waals surface area contributed by atoms with E-state index in [0.29, 0.717) is 0 Å². The van der Waals surface area contributed by atoms with Crippen molar-refractivity contribution in [3.63, 3.8) is 0 Å². The molecule has 0 radical (unpaired) electrons. The molecule has 8 heteroatoms. The van der Waals surface area contributed by atoms with Gasteiger partial charge in [-0.3, -0.25) is 19.4 Å². The van der Waals surface area contributed by atoms with Crippen molar-refractivity contribution in [2.75, 3.05) is 14.1 Å². The zero-order chi connectivity index (χ0) is 17.5. The molecule has 1 saturated heterocycles. The van der Waals surface area contributed by atoms with Crippen molar-refractivity contribution < 1.29 is 27.6 Å². The number of benzene rings is 1. The van der Waals surface area contributed by atoms with Gasteiger partial charge in [0.15, 0.2) is 0 Å². The van der Waals surface area contributed by atoms with Gasteiger partial charge >= 0.3 is 12.2 Å². The van der Waals surface area contributed by atoms with E-state index in [0.717, 1.165) is 21.9 Å². The number of barbiturate groups is 1. The highest BCUT2D eigenvalue weighted by molar-refractivity contribution is 6.31. The third-order valence-corrected chi connectivity index (χ3v) is 3.61. The topological polar surface area (TPSA) is 57.7 Å². The number of carbonyl (C=O) groups is 3. The molecule has 0 spiro atoms. The second-order valence-corrected chi connectivity index (χ2v) is 5.09. The average Bonchev–Trinajstić information content (AvgIpc) is 2.50. The van der Waals surface area contributed by atoms with Crippen LogP contribution in [0.5, 0.6) is 0 Å². The molecule has 0 aliphatic carbocycles. The summed E-state index contributed by atoms with van der Waals surface area (Å²) in [6, 6.07) is 3.53. The van der Waals surface area contributed by atoms with Gasteiger partial charge in [0.1, 0.15) is 5.57 Å². The van der Waals surface area contributed by atoms with Gasteiger partial charge < -0.3 is 0 Å². The lowest BCUT2D eigenvalue weighted by Crippen LogP contribution is -2.53. The van der Waals surface area contributed by atoms with E-state index in [1.807, 2.05) is 0 Å². The van der Waals surface area contributed by atoms with Gasteiger partial charge in [-0.15, -0.1) is 0 Å².